The molecule has 2 saturated heterocycles. The molecule has 0 saturated carbocycles. The van der Waals surface area contributed by atoms with Crippen molar-refractivity contribution in [1.29, 1.82) is 0 Å². The maximum atomic E-state index is 12.3. The number of aryl methyl sites for hydroxylation is 1. The van der Waals surface area contributed by atoms with Crippen molar-refractivity contribution >= 4 is 17.5 Å². The van der Waals surface area contributed by atoms with Crippen LogP contribution in [0.4, 0.5) is 5.69 Å². The average molecular weight is 334 g/mol. The van der Waals surface area contributed by atoms with Gasteiger partial charge in [-0.15, -0.1) is 0 Å². The van der Waals surface area contributed by atoms with Crippen molar-refractivity contribution in [1.82, 2.24) is 14.7 Å². The zero-order valence-electron chi connectivity index (χ0n) is 14.2. The summed E-state index contributed by atoms with van der Waals surface area (Å²) in [6.07, 6.45) is 7.53. The Kier molecular flexibility index (Phi) is 5.50. The van der Waals surface area contributed by atoms with Crippen LogP contribution < -0.4 is 5.32 Å². The second-order valence-corrected chi connectivity index (χ2v) is 6.57. The van der Waals surface area contributed by atoms with E-state index < -0.39 is 0 Å². The number of aromatic nitrogens is 2. The Bertz CT molecular complexity index is 572. The standard InChI is InChI=1S/C17H26N4O3/c1-2-21-12-14(11-18-21)19-17(23)13-5-7-20(8-6-13)16(22)10-15-4-3-9-24-15/h11-13,15H,2-10H2,1H3,(H,19,23)/t15-/m1/s1. The Morgan fingerprint density at radius 1 is 1.33 bits per heavy atom. The molecule has 0 bridgehead atoms. The maximum Gasteiger partial charge on any atom is 0.227 e. The summed E-state index contributed by atoms with van der Waals surface area (Å²) < 4.78 is 7.31. The minimum Gasteiger partial charge on any atom is -0.378 e. The van der Waals surface area contributed by atoms with Gasteiger partial charge in [0.1, 0.15) is 0 Å². The molecule has 1 aromatic heterocycles. The van der Waals surface area contributed by atoms with Gasteiger partial charge in [-0.05, 0) is 32.6 Å². The van der Waals surface area contributed by atoms with Crippen molar-refractivity contribution in [3.8, 4) is 0 Å². The number of rotatable bonds is 5. The van der Waals surface area contributed by atoms with Crippen LogP contribution in [0.2, 0.25) is 0 Å². The Morgan fingerprint density at radius 3 is 2.75 bits per heavy atom. The van der Waals surface area contributed by atoms with Crippen LogP contribution in [-0.2, 0) is 20.9 Å². The lowest BCUT2D eigenvalue weighted by Crippen LogP contribution is -2.42. The van der Waals surface area contributed by atoms with E-state index >= 15 is 0 Å². The zero-order chi connectivity index (χ0) is 16.9. The first-order valence-corrected chi connectivity index (χ1v) is 8.88. The number of anilines is 1. The molecule has 132 valence electrons. The highest BCUT2D eigenvalue weighted by Gasteiger charge is 2.29. The highest BCUT2D eigenvalue weighted by molar-refractivity contribution is 5.92. The van der Waals surface area contributed by atoms with Gasteiger partial charge in [0.05, 0.1) is 24.4 Å². The van der Waals surface area contributed by atoms with Crippen LogP contribution in [0.15, 0.2) is 12.4 Å². The minimum absolute atomic E-state index is 0.0249. The van der Waals surface area contributed by atoms with E-state index in [0.717, 1.165) is 31.7 Å². The van der Waals surface area contributed by atoms with Gasteiger partial charge in [0.25, 0.3) is 0 Å². The predicted molar refractivity (Wildman–Crippen MR) is 89.4 cm³/mol. The molecule has 7 heteroatoms. The molecular formula is C17H26N4O3. The SMILES string of the molecule is CCn1cc(NC(=O)C2CCN(C(=O)C[C@H]3CCCO3)CC2)cn1. The van der Waals surface area contributed by atoms with Crippen molar-refractivity contribution in [2.24, 2.45) is 5.92 Å². The second kappa shape index (κ2) is 7.79. The second-order valence-electron chi connectivity index (χ2n) is 6.57. The van der Waals surface area contributed by atoms with E-state index in [4.69, 9.17) is 4.74 Å². The summed E-state index contributed by atoms with van der Waals surface area (Å²) in [6.45, 7) is 4.85. The topological polar surface area (TPSA) is 76.5 Å². The lowest BCUT2D eigenvalue weighted by Gasteiger charge is -2.31. The fraction of sp³-hybridized carbons (Fsp3) is 0.706. The third-order valence-electron chi connectivity index (χ3n) is 4.87. The minimum atomic E-state index is -0.0400. The number of carbonyl (C=O) groups excluding carboxylic acids is 2. The van der Waals surface area contributed by atoms with Gasteiger partial charge >= 0.3 is 0 Å². The van der Waals surface area contributed by atoms with Crippen LogP contribution in [0.1, 0.15) is 39.0 Å². The van der Waals surface area contributed by atoms with Crippen molar-refractivity contribution in [3.05, 3.63) is 12.4 Å². The van der Waals surface area contributed by atoms with Gasteiger partial charge in [-0.3, -0.25) is 14.3 Å². The third-order valence-corrected chi connectivity index (χ3v) is 4.87. The van der Waals surface area contributed by atoms with Gasteiger partial charge in [0.2, 0.25) is 11.8 Å². The van der Waals surface area contributed by atoms with Gasteiger partial charge in [0.15, 0.2) is 0 Å². The van der Waals surface area contributed by atoms with Crippen LogP contribution in [0, 0.1) is 5.92 Å². The molecular weight excluding hydrogens is 308 g/mol. The highest BCUT2D eigenvalue weighted by Crippen LogP contribution is 2.22. The third kappa shape index (κ3) is 4.14. The zero-order valence-corrected chi connectivity index (χ0v) is 14.2. The van der Waals surface area contributed by atoms with Gasteiger partial charge in [-0.2, -0.15) is 5.10 Å². The Morgan fingerprint density at radius 2 is 2.12 bits per heavy atom. The van der Waals surface area contributed by atoms with Crippen LogP contribution in [0.25, 0.3) is 0 Å². The number of hydrogen-bond acceptors (Lipinski definition) is 4. The molecule has 0 radical (unpaired) electrons. The molecule has 1 aromatic rings. The maximum absolute atomic E-state index is 12.3. The molecule has 3 heterocycles. The summed E-state index contributed by atoms with van der Waals surface area (Å²) in [5.74, 6) is 0.142. The van der Waals surface area contributed by atoms with E-state index in [1.165, 1.54) is 0 Å². The predicted octanol–water partition coefficient (Wildman–Crippen LogP) is 1.65. The molecule has 0 unspecified atom stereocenters. The molecule has 2 fully saturated rings. The Labute approximate surface area is 142 Å². The number of ether oxygens (including phenoxy) is 1. The van der Waals surface area contributed by atoms with Crippen molar-refractivity contribution < 1.29 is 14.3 Å². The summed E-state index contributed by atoms with van der Waals surface area (Å²) in [5.41, 5.74) is 0.735. The highest BCUT2D eigenvalue weighted by atomic mass is 16.5. The molecule has 1 atom stereocenters. The number of likely N-dealkylation sites (tertiary alicyclic amines) is 1. The van der Waals surface area contributed by atoms with Gasteiger partial charge < -0.3 is 15.0 Å². The first-order chi connectivity index (χ1) is 11.7. The van der Waals surface area contributed by atoms with E-state index in [-0.39, 0.29) is 23.8 Å². The lowest BCUT2D eigenvalue weighted by atomic mass is 9.95. The van der Waals surface area contributed by atoms with E-state index in [1.807, 2.05) is 18.0 Å². The quantitative estimate of drug-likeness (QED) is 0.888. The van der Waals surface area contributed by atoms with Crippen LogP contribution in [0.3, 0.4) is 0 Å². The fourth-order valence-corrected chi connectivity index (χ4v) is 3.37. The molecule has 2 aliphatic rings. The molecule has 0 spiro atoms. The average Bonchev–Trinajstić information content (AvgIpc) is 3.26. The molecule has 24 heavy (non-hydrogen) atoms. The molecule has 3 rings (SSSR count). The summed E-state index contributed by atoms with van der Waals surface area (Å²) in [5, 5.41) is 7.08. The normalized spacial score (nSPS) is 21.9. The number of carbonyl (C=O) groups is 2. The van der Waals surface area contributed by atoms with E-state index in [1.54, 1.807) is 10.9 Å². The molecule has 2 amide bonds. The number of nitrogens with one attached hydrogen (secondary N) is 1. The van der Waals surface area contributed by atoms with E-state index in [9.17, 15) is 9.59 Å². The number of amides is 2. The van der Waals surface area contributed by atoms with Gasteiger partial charge in [0, 0.05) is 38.4 Å². The number of nitrogens with zero attached hydrogens (tertiary/aromatic N) is 3. The van der Waals surface area contributed by atoms with E-state index in [2.05, 4.69) is 10.4 Å². The molecule has 1 N–H and O–H groups in total. The summed E-state index contributed by atoms with van der Waals surface area (Å²) >= 11 is 0. The van der Waals surface area contributed by atoms with Gasteiger partial charge in [-0.1, -0.05) is 0 Å². The Hall–Kier alpha value is -1.89. The molecule has 0 aliphatic carbocycles. The fourth-order valence-electron chi connectivity index (χ4n) is 3.37. The van der Waals surface area contributed by atoms with Gasteiger partial charge in [-0.25, -0.2) is 0 Å². The van der Waals surface area contributed by atoms with Crippen molar-refractivity contribution in [3.63, 3.8) is 0 Å². The molecule has 2 aliphatic heterocycles. The van der Waals surface area contributed by atoms with Crippen molar-refractivity contribution in [2.75, 3.05) is 25.0 Å². The molecule has 0 aromatic carbocycles. The van der Waals surface area contributed by atoms with E-state index in [0.29, 0.717) is 32.4 Å². The summed E-state index contributed by atoms with van der Waals surface area (Å²) in [7, 11) is 0. The molecule has 7 nitrogen and oxygen atoms in total. The van der Waals surface area contributed by atoms with Crippen LogP contribution >= 0.6 is 0 Å². The Balaban J connectivity index is 1.43. The summed E-state index contributed by atoms with van der Waals surface area (Å²) in [6, 6.07) is 0. The first kappa shape index (κ1) is 17.0. The number of hydrogen-bond donors (Lipinski definition) is 1. The van der Waals surface area contributed by atoms with Crippen LogP contribution in [-0.4, -0.2) is 52.3 Å². The lowest BCUT2D eigenvalue weighted by molar-refractivity contribution is -0.136. The monoisotopic (exact) mass is 334 g/mol. The largest absolute Gasteiger partial charge is 0.378 e. The van der Waals surface area contributed by atoms with Crippen molar-refractivity contribution in [2.45, 2.75) is 51.7 Å². The summed E-state index contributed by atoms with van der Waals surface area (Å²) in [4.78, 5) is 26.5. The van der Waals surface area contributed by atoms with Crippen LogP contribution in [0.5, 0.6) is 0 Å². The first-order valence-electron chi connectivity index (χ1n) is 8.88. The number of piperidine rings is 1. The smallest absolute Gasteiger partial charge is 0.227 e.